The van der Waals surface area contributed by atoms with Gasteiger partial charge >= 0.3 is 39.5 Å². The standard InChI is InChI=1S/C77H150O17P2/c1-9-69(7)55-47-39-31-25-21-17-14-15-19-23-27-33-43-51-59-76(81)93-72(63-87-74(79)57-49-41-32-26-22-18-13-11-12-16-20-24-29-37-45-53-67(3)4)65-91-95(83,84)89-61-71(78)62-90-96(85,86)92-66-73(94-77(82)60-52-44-34-28-30-38-46-54-68(5)6)64-88-75(80)58-50-42-36-35-40-48-56-70(8)10-2/h67-73,78H,9-66H2,1-8H3,(H,83,84)(H,85,86)/t69?,70?,71-,72-,73-/m1/s1. The Morgan fingerprint density at radius 2 is 0.500 bits per heavy atom. The molecule has 3 N–H and O–H groups in total. The maximum atomic E-state index is 13.1. The predicted molar refractivity (Wildman–Crippen MR) is 391 cm³/mol. The number of aliphatic hydroxyl groups is 1. The van der Waals surface area contributed by atoms with Crippen molar-refractivity contribution in [3.05, 3.63) is 0 Å². The van der Waals surface area contributed by atoms with E-state index in [9.17, 15) is 43.2 Å². The van der Waals surface area contributed by atoms with E-state index in [-0.39, 0.29) is 25.7 Å². The Morgan fingerprint density at radius 1 is 0.292 bits per heavy atom. The molecule has 19 heteroatoms. The lowest BCUT2D eigenvalue weighted by Gasteiger charge is -2.21. The molecule has 17 nitrogen and oxygen atoms in total. The molecule has 0 heterocycles. The Hall–Kier alpha value is -1.94. The van der Waals surface area contributed by atoms with Crippen LogP contribution in [-0.4, -0.2) is 96.7 Å². The fraction of sp³-hybridized carbons (Fsp3) is 0.948. The number of hydrogen-bond acceptors (Lipinski definition) is 15. The summed E-state index contributed by atoms with van der Waals surface area (Å²) in [5.74, 6) is 0.956. The van der Waals surface area contributed by atoms with Crippen LogP contribution in [0.3, 0.4) is 0 Å². The largest absolute Gasteiger partial charge is 0.472 e. The molecule has 0 amide bonds. The van der Waals surface area contributed by atoms with E-state index in [1.807, 2.05) is 0 Å². The van der Waals surface area contributed by atoms with Crippen LogP contribution in [0, 0.1) is 23.7 Å². The lowest BCUT2D eigenvalue weighted by molar-refractivity contribution is -0.161. The van der Waals surface area contributed by atoms with Crippen molar-refractivity contribution in [3.8, 4) is 0 Å². The Morgan fingerprint density at radius 3 is 0.740 bits per heavy atom. The monoisotopic (exact) mass is 1410 g/mol. The van der Waals surface area contributed by atoms with E-state index in [4.69, 9.17) is 37.0 Å². The molecule has 0 radical (unpaired) electrons. The molecule has 0 aliphatic carbocycles. The minimum atomic E-state index is -4.96. The first-order valence-electron chi connectivity index (χ1n) is 39.8. The SMILES string of the molecule is CCC(C)CCCCCCCCCCCCCCCCC(=O)O[C@H](COC(=O)CCCCCCCCCCCCCCCCCC(C)C)COP(=O)(O)OC[C@@H](O)COP(=O)(O)OC[C@@H](COC(=O)CCCCCCCCC(C)CC)OC(=O)CCCCCCCCCC(C)C. The highest BCUT2D eigenvalue weighted by atomic mass is 31.2. The Balaban J connectivity index is 5.23. The van der Waals surface area contributed by atoms with E-state index in [2.05, 4.69) is 55.4 Å². The van der Waals surface area contributed by atoms with Crippen molar-refractivity contribution in [1.82, 2.24) is 0 Å². The van der Waals surface area contributed by atoms with Gasteiger partial charge in [0.15, 0.2) is 12.2 Å². The molecule has 0 aliphatic heterocycles. The molecule has 0 saturated carbocycles. The van der Waals surface area contributed by atoms with Crippen LogP contribution in [0.2, 0.25) is 0 Å². The van der Waals surface area contributed by atoms with Crippen molar-refractivity contribution in [2.45, 2.75) is 408 Å². The zero-order chi connectivity index (χ0) is 71.0. The zero-order valence-corrected chi connectivity index (χ0v) is 64.8. The number of unbranched alkanes of at least 4 members (excludes halogenated alkanes) is 38. The van der Waals surface area contributed by atoms with Gasteiger partial charge in [0.25, 0.3) is 0 Å². The van der Waals surface area contributed by atoms with Gasteiger partial charge in [-0.2, -0.15) is 0 Å². The summed E-state index contributed by atoms with van der Waals surface area (Å²) >= 11 is 0. The number of ether oxygens (including phenoxy) is 4. The molecule has 7 atom stereocenters. The van der Waals surface area contributed by atoms with Gasteiger partial charge in [-0.1, -0.05) is 338 Å². The summed E-state index contributed by atoms with van der Waals surface area (Å²) in [7, 11) is -9.91. The normalized spacial score (nSPS) is 14.7. The molecule has 570 valence electrons. The molecule has 0 fully saturated rings. The molecule has 0 bridgehead atoms. The van der Waals surface area contributed by atoms with Gasteiger partial charge in [-0.05, 0) is 49.4 Å². The van der Waals surface area contributed by atoms with E-state index < -0.39 is 97.5 Å². The lowest BCUT2D eigenvalue weighted by atomic mass is 9.99. The quantitative estimate of drug-likeness (QED) is 0.0222. The molecule has 0 aromatic heterocycles. The van der Waals surface area contributed by atoms with Gasteiger partial charge in [0.05, 0.1) is 26.4 Å². The van der Waals surface area contributed by atoms with Gasteiger partial charge in [0, 0.05) is 25.7 Å². The van der Waals surface area contributed by atoms with Crippen molar-refractivity contribution in [1.29, 1.82) is 0 Å². The van der Waals surface area contributed by atoms with Crippen LogP contribution in [0.15, 0.2) is 0 Å². The Bertz CT molecular complexity index is 1890. The Kier molecular flexibility index (Phi) is 65.0. The van der Waals surface area contributed by atoms with Crippen molar-refractivity contribution >= 4 is 39.5 Å². The Labute approximate surface area is 588 Å². The fourth-order valence-electron chi connectivity index (χ4n) is 11.7. The van der Waals surface area contributed by atoms with Gasteiger partial charge in [-0.15, -0.1) is 0 Å². The predicted octanol–water partition coefficient (Wildman–Crippen LogP) is 22.4. The molecule has 0 aromatic carbocycles. The van der Waals surface area contributed by atoms with E-state index in [0.29, 0.717) is 31.6 Å². The first kappa shape index (κ1) is 94.1. The molecule has 0 aliphatic rings. The molecule has 0 aromatic rings. The van der Waals surface area contributed by atoms with Gasteiger partial charge in [-0.3, -0.25) is 37.3 Å². The van der Waals surface area contributed by atoms with Crippen LogP contribution in [0.4, 0.5) is 0 Å². The van der Waals surface area contributed by atoms with Crippen LogP contribution in [0.1, 0.15) is 389 Å². The number of aliphatic hydroxyl groups excluding tert-OH is 1. The molecular formula is C77H150O17P2. The topological polar surface area (TPSA) is 237 Å². The molecule has 0 spiro atoms. The zero-order valence-electron chi connectivity index (χ0n) is 63.0. The highest BCUT2D eigenvalue weighted by molar-refractivity contribution is 7.47. The third-order valence-corrected chi connectivity index (χ3v) is 20.4. The first-order valence-corrected chi connectivity index (χ1v) is 42.8. The summed E-state index contributed by atoms with van der Waals surface area (Å²) < 4.78 is 68.5. The fourth-order valence-corrected chi connectivity index (χ4v) is 13.2. The van der Waals surface area contributed by atoms with Crippen molar-refractivity contribution in [3.63, 3.8) is 0 Å². The molecule has 0 rings (SSSR count). The summed E-state index contributed by atoms with van der Waals surface area (Å²) in [4.78, 5) is 72.8. The third-order valence-electron chi connectivity index (χ3n) is 18.5. The van der Waals surface area contributed by atoms with Crippen LogP contribution < -0.4 is 0 Å². The second kappa shape index (κ2) is 66.3. The summed E-state index contributed by atoms with van der Waals surface area (Å²) in [5, 5.41) is 10.6. The number of phosphoric ester groups is 2. The van der Waals surface area contributed by atoms with E-state index in [0.717, 1.165) is 114 Å². The van der Waals surface area contributed by atoms with E-state index in [1.165, 1.54) is 186 Å². The van der Waals surface area contributed by atoms with Crippen LogP contribution in [-0.2, 0) is 65.4 Å². The van der Waals surface area contributed by atoms with Gasteiger partial charge in [-0.25, -0.2) is 9.13 Å². The number of carbonyl (C=O) groups is 4. The molecular weight excluding hydrogens is 1260 g/mol. The van der Waals surface area contributed by atoms with Crippen LogP contribution >= 0.6 is 15.6 Å². The summed E-state index contributed by atoms with van der Waals surface area (Å²) in [6.07, 6.45) is 51.5. The maximum Gasteiger partial charge on any atom is 0.472 e. The number of esters is 4. The van der Waals surface area contributed by atoms with Crippen molar-refractivity contribution in [2.75, 3.05) is 39.6 Å². The van der Waals surface area contributed by atoms with Gasteiger partial charge in [0.1, 0.15) is 19.3 Å². The van der Waals surface area contributed by atoms with Crippen LogP contribution in [0.5, 0.6) is 0 Å². The molecule has 4 unspecified atom stereocenters. The summed E-state index contributed by atoms with van der Waals surface area (Å²) in [5.41, 5.74) is 0. The van der Waals surface area contributed by atoms with Crippen LogP contribution in [0.25, 0.3) is 0 Å². The summed E-state index contributed by atoms with van der Waals surface area (Å²) in [6, 6.07) is 0. The number of rotatable bonds is 74. The highest BCUT2D eigenvalue weighted by Gasteiger charge is 2.30. The lowest BCUT2D eigenvalue weighted by Crippen LogP contribution is -2.30. The number of phosphoric acid groups is 2. The third kappa shape index (κ3) is 67.9. The smallest absolute Gasteiger partial charge is 0.462 e. The van der Waals surface area contributed by atoms with E-state index >= 15 is 0 Å². The second-order valence-electron chi connectivity index (χ2n) is 29.2. The maximum absolute atomic E-state index is 13.1. The second-order valence-corrected chi connectivity index (χ2v) is 32.1. The van der Waals surface area contributed by atoms with Crippen molar-refractivity contribution < 1.29 is 80.2 Å². The summed E-state index contributed by atoms with van der Waals surface area (Å²) in [6.45, 7) is 14.2. The first-order chi connectivity index (χ1) is 46.2. The molecule has 0 saturated heterocycles. The number of hydrogen-bond donors (Lipinski definition) is 3. The van der Waals surface area contributed by atoms with Gasteiger partial charge < -0.3 is 33.8 Å². The van der Waals surface area contributed by atoms with E-state index in [1.54, 1.807) is 0 Å². The van der Waals surface area contributed by atoms with Gasteiger partial charge in [0.2, 0.25) is 0 Å². The minimum absolute atomic E-state index is 0.102. The minimum Gasteiger partial charge on any atom is -0.462 e. The number of carbonyl (C=O) groups excluding carboxylic acids is 4. The molecule has 96 heavy (non-hydrogen) atoms. The average molecular weight is 1410 g/mol. The van der Waals surface area contributed by atoms with Crippen molar-refractivity contribution in [2.24, 2.45) is 23.7 Å². The highest BCUT2D eigenvalue weighted by Crippen LogP contribution is 2.45. The average Bonchev–Trinajstić information content (AvgIpc) is 1.22.